The monoisotopic (exact) mass is 417 g/mol. The zero-order valence-electron chi connectivity index (χ0n) is 15.5. The Labute approximate surface area is 173 Å². The molecule has 5 rings (SSSR count). The molecule has 3 heterocycles. The molecule has 1 aliphatic heterocycles. The molecule has 0 spiro atoms. The van der Waals surface area contributed by atoms with Crippen LogP contribution < -0.4 is 0 Å². The number of rotatable bonds is 2. The first-order valence-electron chi connectivity index (χ1n) is 9.49. The molecule has 1 saturated heterocycles. The number of halogens is 2. The van der Waals surface area contributed by atoms with Gasteiger partial charge in [-0.15, -0.1) is 0 Å². The van der Waals surface area contributed by atoms with Crippen molar-refractivity contribution < 1.29 is 10.2 Å². The Bertz CT molecular complexity index is 1080. The number of likely N-dealkylation sites (tertiary alicyclic amines) is 1. The number of aromatic nitrogens is 2. The molecule has 1 atom stereocenters. The Morgan fingerprint density at radius 2 is 2.00 bits per heavy atom. The Kier molecular flexibility index (Phi) is 4.14. The van der Waals surface area contributed by atoms with Gasteiger partial charge in [0.25, 0.3) is 0 Å². The van der Waals surface area contributed by atoms with Crippen LogP contribution in [0.5, 0.6) is 5.75 Å². The Morgan fingerprint density at radius 1 is 1.21 bits per heavy atom. The fourth-order valence-corrected chi connectivity index (χ4v) is 5.03. The summed E-state index contributed by atoms with van der Waals surface area (Å²) >= 11 is 12.5. The average Bonchev–Trinajstić information content (AvgIpc) is 3.01. The maximum absolute atomic E-state index is 10.3. The predicted octanol–water partition coefficient (Wildman–Crippen LogP) is 4.46. The largest absolute Gasteiger partial charge is 0.507 e. The number of hydrogen-bond donors (Lipinski definition) is 2. The van der Waals surface area contributed by atoms with Crippen LogP contribution in [0.2, 0.25) is 10.0 Å². The van der Waals surface area contributed by atoms with Gasteiger partial charge in [0.1, 0.15) is 11.4 Å². The number of β-amino-alcohol motifs (C(OH)–C–C–N with tert-alkyl or cyclic N) is 1. The molecule has 3 aromatic rings. The minimum Gasteiger partial charge on any atom is -0.507 e. The number of nitrogens with zero attached hydrogens (tertiary/aromatic N) is 3. The molecular formula is C21H21Cl2N3O2. The molecule has 1 aromatic carbocycles. The molecule has 2 aromatic heterocycles. The van der Waals surface area contributed by atoms with Crippen molar-refractivity contribution in [2.45, 2.75) is 37.8 Å². The molecule has 28 heavy (non-hydrogen) atoms. The van der Waals surface area contributed by atoms with Crippen molar-refractivity contribution in [2.24, 2.45) is 0 Å². The molecule has 7 heteroatoms. The van der Waals surface area contributed by atoms with Crippen LogP contribution in [0.4, 0.5) is 0 Å². The minimum absolute atomic E-state index is 0.0933. The highest BCUT2D eigenvalue weighted by Gasteiger charge is 2.43. The molecule has 1 aliphatic carbocycles. The fraction of sp³-hybridized carbons (Fsp3) is 0.381. The fourth-order valence-electron chi connectivity index (χ4n) is 4.60. The third kappa shape index (κ3) is 2.80. The summed E-state index contributed by atoms with van der Waals surface area (Å²) in [6.07, 6.45) is 5.13. The maximum atomic E-state index is 10.3. The summed E-state index contributed by atoms with van der Waals surface area (Å²) in [7, 11) is 0. The van der Waals surface area contributed by atoms with E-state index in [0.29, 0.717) is 28.7 Å². The third-order valence-corrected chi connectivity index (χ3v) is 6.66. The Hall–Kier alpha value is -1.79. The number of aryl methyl sites for hydroxylation is 1. The number of hydrogen-bond acceptors (Lipinski definition) is 4. The highest BCUT2D eigenvalue weighted by Crippen LogP contribution is 2.42. The molecule has 0 saturated carbocycles. The van der Waals surface area contributed by atoms with Gasteiger partial charge in [-0.2, -0.15) is 0 Å². The van der Waals surface area contributed by atoms with Gasteiger partial charge in [0.05, 0.1) is 27.4 Å². The van der Waals surface area contributed by atoms with Crippen LogP contribution in [0.25, 0.3) is 16.8 Å². The summed E-state index contributed by atoms with van der Waals surface area (Å²) in [4.78, 5) is 7.25. The maximum Gasteiger partial charge on any atom is 0.137 e. The number of phenols is 1. The van der Waals surface area contributed by atoms with Crippen LogP contribution in [0.3, 0.4) is 0 Å². The standard InChI is InChI=1S/C21H21Cl2N3O2/c1-21(28)10-25(11-21)14-3-2-4-15-20(14)24-17-9-12(7-8-26(15)17)18-16(27)6-5-13(22)19(18)23/h5-9,14,27-28H,2-4,10-11H2,1H3. The van der Waals surface area contributed by atoms with Crippen molar-refractivity contribution in [3.8, 4) is 16.9 Å². The number of aromatic hydroxyl groups is 1. The van der Waals surface area contributed by atoms with Crippen LogP contribution >= 0.6 is 23.2 Å². The summed E-state index contributed by atoms with van der Waals surface area (Å²) in [6.45, 7) is 3.24. The second-order valence-electron chi connectivity index (χ2n) is 8.15. The second kappa shape index (κ2) is 6.36. The first-order chi connectivity index (χ1) is 13.3. The molecule has 5 nitrogen and oxygen atoms in total. The van der Waals surface area contributed by atoms with E-state index in [1.165, 1.54) is 5.69 Å². The number of phenolic OH excluding ortho intramolecular Hbond substituents is 1. The topological polar surface area (TPSA) is 61.0 Å². The van der Waals surface area contributed by atoms with Crippen LogP contribution in [-0.2, 0) is 6.42 Å². The lowest BCUT2D eigenvalue weighted by atomic mass is 9.88. The summed E-state index contributed by atoms with van der Waals surface area (Å²) in [5.41, 5.74) is 3.87. The van der Waals surface area contributed by atoms with E-state index < -0.39 is 5.60 Å². The second-order valence-corrected chi connectivity index (χ2v) is 8.94. The molecular weight excluding hydrogens is 397 g/mol. The zero-order valence-corrected chi connectivity index (χ0v) is 17.0. The van der Waals surface area contributed by atoms with Gasteiger partial charge in [0.2, 0.25) is 0 Å². The van der Waals surface area contributed by atoms with E-state index in [4.69, 9.17) is 28.2 Å². The van der Waals surface area contributed by atoms with Gasteiger partial charge < -0.3 is 14.6 Å². The molecule has 2 N–H and O–H groups in total. The van der Waals surface area contributed by atoms with E-state index >= 15 is 0 Å². The van der Waals surface area contributed by atoms with E-state index in [1.807, 2.05) is 25.3 Å². The molecule has 0 bridgehead atoms. The number of aliphatic hydroxyl groups is 1. The number of imidazole rings is 1. The van der Waals surface area contributed by atoms with E-state index in [1.54, 1.807) is 12.1 Å². The average molecular weight is 418 g/mol. The van der Waals surface area contributed by atoms with Gasteiger partial charge in [-0.05, 0) is 56.0 Å². The lowest BCUT2D eigenvalue weighted by Gasteiger charge is -2.49. The number of fused-ring (bicyclic) bond motifs is 3. The van der Waals surface area contributed by atoms with E-state index in [-0.39, 0.29) is 11.8 Å². The number of benzene rings is 1. The Morgan fingerprint density at radius 3 is 2.75 bits per heavy atom. The summed E-state index contributed by atoms with van der Waals surface area (Å²) in [5, 5.41) is 21.2. The minimum atomic E-state index is -0.592. The first-order valence-corrected chi connectivity index (χ1v) is 10.2. The van der Waals surface area contributed by atoms with Gasteiger partial charge in [0.15, 0.2) is 0 Å². The van der Waals surface area contributed by atoms with E-state index in [9.17, 15) is 10.2 Å². The van der Waals surface area contributed by atoms with Crippen molar-refractivity contribution >= 4 is 28.8 Å². The quantitative estimate of drug-likeness (QED) is 0.645. The smallest absolute Gasteiger partial charge is 0.137 e. The van der Waals surface area contributed by atoms with Gasteiger partial charge >= 0.3 is 0 Å². The van der Waals surface area contributed by atoms with Crippen molar-refractivity contribution in [2.75, 3.05) is 13.1 Å². The van der Waals surface area contributed by atoms with Crippen LogP contribution in [0, 0.1) is 0 Å². The van der Waals surface area contributed by atoms with Gasteiger partial charge in [-0.3, -0.25) is 4.90 Å². The normalized spacial score (nSPS) is 21.5. The molecule has 0 radical (unpaired) electrons. The van der Waals surface area contributed by atoms with Crippen molar-refractivity contribution in [1.82, 2.24) is 14.3 Å². The first kappa shape index (κ1) is 18.3. The lowest BCUT2D eigenvalue weighted by Crippen LogP contribution is -2.60. The van der Waals surface area contributed by atoms with E-state index in [2.05, 4.69) is 9.30 Å². The third-order valence-electron chi connectivity index (χ3n) is 5.85. The van der Waals surface area contributed by atoms with Gasteiger partial charge in [0, 0.05) is 30.5 Å². The highest BCUT2D eigenvalue weighted by molar-refractivity contribution is 6.44. The zero-order chi connectivity index (χ0) is 19.6. The molecule has 1 fully saturated rings. The van der Waals surface area contributed by atoms with Crippen LogP contribution in [0.1, 0.15) is 37.2 Å². The lowest BCUT2D eigenvalue weighted by molar-refractivity contribution is -0.106. The van der Waals surface area contributed by atoms with Crippen molar-refractivity contribution in [3.05, 3.63) is 51.9 Å². The molecule has 146 valence electrons. The molecule has 1 unspecified atom stereocenters. The Balaban J connectivity index is 1.59. The SMILES string of the molecule is CC1(O)CN(C2CCCc3c2nc2cc(-c4c(O)ccc(Cl)c4Cl)ccn32)C1. The van der Waals surface area contributed by atoms with Gasteiger partial charge in [-0.1, -0.05) is 23.2 Å². The highest BCUT2D eigenvalue weighted by atomic mass is 35.5. The summed E-state index contributed by atoms with van der Waals surface area (Å²) in [6, 6.07) is 7.26. The predicted molar refractivity (Wildman–Crippen MR) is 110 cm³/mol. The number of pyridine rings is 1. The van der Waals surface area contributed by atoms with E-state index in [0.717, 1.165) is 36.2 Å². The van der Waals surface area contributed by atoms with Crippen molar-refractivity contribution in [1.29, 1.82) is 0 Å². The molecule has 2 aliphatic rings. The summed E-state index contributed by atoms with van der Waals surface area (Å²) in [5.74, 6) is 0.0933. The summed E-state index contributed by atoms with van der Waals surface area (Å²) < 4.78 is 2.12. The van der Waals surface area contributed by atoms with Crippen LogP contribution in [0.15, 0.2) is 30.5 Å². The van der Waals surface area contributed by atoms with Gasteiger partial charge in [-0.25, -0.2) is 4.98 Å². The van der Waals surface area contributed by atoms with Crippen LogP contribution in [-0.4, -0.2) is 43.2 Å². The molecule has 0 amide bonds. The van der Waals surface area contributed by atoms with Crippen molar-refractivity contribution in [3.63, 3.8) is 0 Å².